The lowest BCUT2D eigenvalue weighted by Gasteiger charge is -2.50. The predicted octanol–water partition coefficient (Wildman–Crippen LogP) is 5.13. The molecule has 0 heterocycles. The first-order valence-electron chi connectivity index (χ1n) is 7.92. The van der Waals surface area contributed by atoms with Crippen molar-refractivity contribution in [3.8, 4) is 0 Å². The standard InChI is InChI=1S/C16H34O2Si/c1-8-14(9-2)13-19(17-6,18-7)16(5)12-10-11-15(16,3)4/h14H,8-13H2,1-7H3. The topological polar surface area (TPSA) is 18.5 Å². The minimum absolute atomic E-state index is 0.228. The first-order valence-corrected chi connectivity index (χ1v) is 9.95. The van der Waals surface area contributed by atoms with Gasteiger partial charge in [-0.25, -0.2) is 0 Å². The van der Waals surface area contributed by atoms with Gasteiger partial charge in [-0.1, -0.05) is 53.9 Å². The smallest absolute Gasteiger partial charge is 0.344 e. The third kappa shape index (κ3) is 2.79. The van der Waals surface area contributed by atoms with Crippen molar-refractivity contribution < 1.29 is 8.85 Å². The molecule has 1 aliphatic rings. The van der Waals surface area contributed by atoms with Gasteiger partial charge in [-0.3, -0.25) is 0 Å². The quantitative estimate of drug-likeness (QED) is 0.604. The maximum atomic E-state index is 6.16. The van der Waals surface area contributed by atoms with E-state index in [1.165, 1.54) is 32.1 Å². The van der Waals surface area contributed by atoms with E-state index in [9.17, 15) is 0 Å². The van der Waals surface area contributed by atoms with Crippen molar-refractivity contribution in [2.75, 3.05) is 14.2 Å². The first-order chi connectivity index (χ1) is 8.82. The van der Waals surface area contributed by atoms with Crippen LogP contribution in [0.25, 0.3) is 0 Å². The Balaban J connectivity index is 3.11. The van der Waals surface area contributed by atoms with Crippen LogP contribution in [0.4, 0.5) is 0 Å². The average molecular weight is 287 g/mol. The Kier molecular flexibility index (Phi) is 5.68. The highest BCUT2D eigenvalue weighted by atomic mass is 28.4. The third-order valence-electron chi connectivity index (χ3n) is 6.18. The Morgan fingerprint density at radius 1 is 1.00 bits per heavy atom. The Morgan fingerprint density at radius 2 is 1.53 bits per heavy atom. The van der Waals surface area contributed by atoms with E-state index in [-0.39, 0.29) is 5.04 Å². The number of hydrogen-bond acceptors (Lipinski definition) is 2. The molecule has 0 spiro atoms. The summed E-state index contributed by atoms with van der Waals surface area (Å²) in [6, 6.07) is 1.15. The number of rotatable bonds is 7. The van der Waals surface area contributed by atoms with Crippen LogP contribution >= 0.6 is 0 Å². The maximum absolute atomic E-state index is 6.16. The van der Waals surface area contributed by atoms with Crippen LogP contribution in [0.3, 0.4) is 0 Å². The molecule has 19 heavy (non-hydrogen) atoms. The lowest BCUT2D eigenvalue weighted by atomic mass is 9.82. The summed E-state index contributed by atoms with van der Waals surface area (Å²) in [6.07, 6.45) is 6.33. The molecule has 0 aromatic rings. The fraction of sp³-hybridized carbons (Fsp3) is 1.00. The van der Waals surface area contributed by atoms with Crippen molar-refractivity contribution in [3.63, 3.8) is 0 Å². The minimum Gasteiger partial charge on any atom is -0.397 e. The van der Waals surface area contributed by atoms with Crippen molar-refractivity contribution in [2.24, 2.45) is 11.3 Å². The molecular weight excluding hydrogens is 252 g/mol. The fourth-order valence-electron chi connectivity index (χ4n) is 4.09. The van der Waals surface area contributed by atoms with Crippen molar-refractivity contribution in [3.05, 3.63) is 0 Å². The summed E-state index contributed by atoms with van der Waals surface area (Å²) in [6.45, 7) is 11.8. The van der Waals surface area contributed by atoms with Gasteiger partial charge in [0.25, 0.3) is 0 Å². The molecule has 1 rings (SSSR count). The van der Waals surface area contributed by atoms with Gasteiger partial charge in [-0.15, -0.1) is 0 Å². The Morgan fingerprint density at radius 3 is 1.84 bits per heavy atom. The van der Waals surface area contributed by atoms with Gasteiger partial charge < -0.3 is 8.85 Å². The van der Waals surface area contributed by atoms with Gasteiger partial charge in [-0.2, -0.15) is 0 Å². The average Bonchev–Trinajstić information content (AvgIpc) is 2.67. The fourth-order valence-corrected chi connectivity index (χ4v) is 8.99. The van der Waals surface area contributed by atoms with Crippen LogP contribution in [-0.4, -0.2) is 22.8 Å². The summed E-state index contributed by atoms with van der Waals surface area (Å²) in [5.41, 5.74) is 0.331. The van der Waals surface area contributed by atoms with Crippen LogP contribution in [0.1, 0.15) is 66.7 Å². The van der Waals surface area contributed by atoms with Gasteiger partial charge in [0, 0.05) is 19.3 Å². The van der Waals surface area contributed by atoms with Gasteiger partial charge in [0.15, 0.2) is 0 Å². The molecule has 0 aromatic carbocycles. The monoisotopic (exact) mass is 286 g/mol. The van der Waals surface area contributed by atoms with Crippen LogP contribution in [0.15, 0.2) is 0 Å². The molecular formula is C16H34O2Si. The maximum Gasteiger partial charge on any atom is 0.344 e. The summed E-state index contributed by atoms with van der Waals surface area (Å²) < 4.78 is 12.3. The largest absolute Gasteiger partial charge is 0.397 e. The normalized spacial score (nSPS) is 27.2. The van der Waals surface area contributed by atoms with Gasteiger partial charge in [0.05, 0.1) is 0 Å². The molecule has 1 atom stereocenters. The molecule has 1 fully saturated rings. The molecule has 0 saturated heterocycles. The van der Waals surface area contributed by atoms with Gasteiger partial charge in [0.2, 0.25) is 0 Å². The Hall–Kier alpha value is 0.137. The second kappa shape index (κ2) is 6.27. The second-order valence-corrected chi connectivity index (χ2v) is 11.0. The Bertz CT molecular complexity index is 282. The van der Waals surface area contributed by atoms with Gasteiger partial charge >= 0.3 is 8.56 Å². The van der Waals surface area contributed by atoms with Crippen LogP contribution in [0, 0.1) is 11.3 Å². The minimum atomic E-state index is -2.18. The molecule has 0 radical (unpaired) electrons. The predicted molar refractivity (Wildman–Crippen MR) is 84.7 cm³/mol. The van der Waals surface area contributed by atoms with Crippen molar-refractivity contribution in [1.82, 2.24) is 0 Å². The molecule has 0 aromatic heterocycles. The van der Waals surface area contributed by atoms with E-state index < -0.39 is 8.56 Å². The van der Waals surface area contributed by atoms with Crippen LogP contribution in [0.5, 0.6) is 0 Å². The molecule has 0 aliphatic heterocycles. The molecule has 1 unspecified atom stereocenters. The summed E-state index contributed by atoms with van der Waals surface area (Å²) in [5, 5.41) is 0.228. The zero-order valence-corrected chi connectivity index (χ0v) is 15.1. The lowest BCUT2D eigenvalue weighted by Crippen LogP contribution is -2.56. The summed E-state index contributed by atoms with van der Waals surface area (Å²) in [5.74, 6) is 0.736. The van der Waals surface area contributed by atoms with Gasteiger partial charge in [0.1, 0.15) is 0 Å². The van der Waals surface area contributed by atoms with Gasteiger partial charge in [-0.05, 0) is 30.2 Å². The lowest BCUT2D eigenvalue weighted by molar-refractivity contribution is 0.149. The van der Waals surface area contributed by atoms with E-state index in [4.69, 9.17) is 8.85 Å². The Labute approximate surface area is 121 Å². The zero-order chi connectivity index (χ0) is 14.7. The van der Waals surface area contributed by atoms with E-state index in [1.807, 2.05) is 14.2 Å². The highest BCUT2D eigenvalue weighted by Gasteiger charge is 2.62. The van der Waals surface area contributed by atoms with Crippen LogP contribution in [-0.2, 0) is 8.85 Å². The van der Waals surface area contributed by atoms with Crippen LogP contribution in [0.2, 0.25) is 11.1 Å². The molecule has 114 valence electrons. The van der Waals surface area contributed by atoms with Crippen molar-refractivity contribution in [2.45, 2.75) is 77.8 Å². The molecule has 1 saturated carbocycles. The van der Waals surface area contributed by atoms with E-state index in [0.717, 1.165) is 12.0 Å². The molecule has 0 N–H and O–H groups in total. The first kappa shape index (κ1) is 17.2. The van der Waals surface area contributed by atoms with Crippen molar-refractivity contribution >= 4 is 8.56 Å². The summed E-state index contributed by atoms with van der Waals surface area (Å²) in [4.78, 5) is 0. The van der Waals surface area contributed by atoms with E-state index >= 15 is 0 Å². The molecule has 3 heteroatoms. The summed E-state index contributed by atoms with van der Waals surface area (Å²) >= 11 is 0. The van der Waals surface area contributed by atoms with E-state index in [1.54, 1.807) is 0 Å². The molecule has 1 aliphatic carbocycles. The highest BCUT2D eigenvalue weighted by molar-refractivity contribution is 6.71. The third-order valence-corrected chi connectivity index (χ3v) is 11.2. The number of hydrogen-bond donors (Lipinski definition) is 0. The summed E-state index contributed by atoms with van der Waals surface area (Å²) in [7, 11) is 1.60. The molecule has 0 bridgehead atoms. The van der Waals surface area contributed by atoms with Crippen molar-refractivity contribution in [1.29, 1.82) is 0 Å². The SMILES string of the molecule is CCC(CC)C[Si](OC)(OC)C1(C)CCCC1(C)C. The van der Waals surface area contributed by atoms with Crippen LogP contribution < -0.4 is 0 Å². The highest BCUT2D eigenvalue weighted by Crippen LogP contribution is 2.64. The molecule has 2 nitrogen and oxygen atoms in total. The second-order valence-electron chi connectivity index (χ2n) is 7.12. The van der Waals surface area contributed by atoms with E-state index in [2.05, 4.69) is 34.6 Å². The van der Waals surface area contributed by atoms with E-state index in [0.29, 0.717) is 5.41 Å². The molecule has 0 amide bonds. The zero-order valence-electron chi connectivity index (χ0n) is 14.1.